The molecule has 2 rings (SSSR count). The average molecular weight is 188 g/mol. The highest BCUT2D eigenvalue weighted by Crippen LogP contribution is 1.96. The molecule has 2 aromatic rings. The highest BCUT2D eigenvalue weighted by molar-refractivity contribution is 5.16. The lowest BCUT2D eigenvalue weighted by atomic mass is 10.5. The fourth-order valence-corrected chi connectivity index (χ4v) is 1.03. The molecule has 0 aliphatic carbocycles. The van der Waals surface area contributed by atoms with Crippen molar-refractivity contribution >= 4 is 0 Å². The van der Waals surface area contributed by atoms with Crippen molar-refractivity contribution in [3.63, 3.8) is 0 Å². The van der Waals surface area contributed by atoms with Gasteiger partial charge in [0, 0.05) is 12.3 Å². The van der Waals surface area contributed by atoms with Crippen molar-refractivity contribution in [1.29, 1.82) is 0 Å². The van der Waals surface area contributed by atoms with Crippen LogP contribution in [0.2, 0.25) is 0 Å². The third-order valence-electron chi connectivity index (χ3n) is 1.70. The summed E-state index contributed by atoms with van der Waals surface area (Å²) in [6, 6.07) is 3.01. The number of nitrogens with zero attached hydrogens (tertiary/aromatic N) is 4. The maximum atomic E-state index is 11.3. The zero-order valence-corrected chi connectivity index (χ0v) is 7.58. The van der Waals surface area contributed by atoms with Crippen LogP contribution >= 0.6 is 0 Å². The van der Waals surface area contributed by atoms with E-state index in [1.165, 1.54) is 23.1 Å². The van der Waals surface area contributed by atoms with Gasteiger partial charge in [0.2, 0.25) is 0 Å². The first-order valence-electron chi connectivity index (χ1n) is 4.11. The van der Waals surface area contributed by atoms with E-state index in [1.54, 1.807) is 12.3 Å². The molecule has 0 N–H and O–H groups in total. The van der Waals surface area contributed by atoms with Gasteiger partial charge in [-0.3, -0.25) is 9.78 Å². The number of rotatable bonds is 1. The van der Waals surface area contributed by atoms with Crippen molar-refractivity contribution < 1.29 is 0 Å². The molecule has 0 fully saturated rings. The van der Waals surface area contributed by atoms with Gasteiger partial charge in [-0.1, -0.05) is 0 Å². The van der Waals surface area contributed by atoms with E-state index >= 15 is 0 Å². The van der Waals surface area contributed by atoms with Crippen molar-refractivity contribution in [2.75, 3.05) is 0 Å². The fourth-order valence-electron chi connectivity index (χ4n) is 1.03. The molecule has 0 aliphatic rings. The Morgan fingerprint density at radius 3 is 2.79 bits per heavy atom. The van der Waals surface area contributed by atoms with Crippen LogP contribution in [0.5, 0.6) is 0 Å². The van der Waals surface area contributed by atoms with Crippen LogP contribution in [0.4, 0.5) is 0 Å². The number of aromatic nitrogens is 4. The SMILES string of the molecule is Cc1cnc(-n2ncccc2=O)cn1. The monoisotopic (exact) mass is 188 g/mol. The number of hydrogen-bond donors (Lipinski definition) is 0. The van der Waals surface area contributed by atoms with Crippen LogP contribution in [-0.2, 0) is 0 Å². The van der Waals surface area contributed by atoms with Crippen molar-refractivity contribution in [3.8, 4) is 5.82 Å². The molecule has 70 valence electrons. The van der Waals surface area contributed by atoms with Gasteiger partial charge in [0.15, 0.2) is 5.82 Å². The van der Waals surface area contributed by atoms with Gasteiger partial charge in [0.05, 0.1) is 18.1 Å². The molecule has 0 unspecified atom stereocenters. The van der Waals surface area contributed by atoms with E-state index in [0.717, 1.165) is 5.69 Å². The van der Waals surface area contributed by atoms with Gasteiger partial charge >= 0.3 is 0 Å². The van der Waals surface area contributed by atoms with Crippen LogP contribution in [0.25, 0.3) is 5.82 Å². The maximum Gasteiger partial charge on any atom is 0.272 e. The Labute approximate surface area is 80.1 Å². The molecule has 0 bridgehead atoms. The zero-order chi connectivity index (χ0) is 9.97. The minimum absolute atomic E-state index is 0.217. The van der Waals surface area contributed by atoms with Crippen LogP contribution < -0.4 is 5.56 Å². The predicted molar refractivity (Wildman–Crippen MR) is 50.2 cm³/mol. The van der Waals surface area contributed by atoms with E-state index in [-0.39, 0.29) is 5.56 Å². The van der Waals surface area contributed by atoms with E-state index in [1.807, 2.05) is 6.92 Å². The summed E-state index contributed by atoms with van der Waals surface area (Å²) in [6.07, 6.45) is 4.64. The Kier molecular flexibility index (Phi) is 2.06. The minimum atomic E-state index is -0.217. The van der Waals surface area contributed by atoms with E-state index in [2.05, 4.69) is 15.1 Å². The summed E-state index contributed by atoms with van der Waals surface area (Å²) in [6.45, 7) is 1.83. The van der Waals surface area contributed by atoms with Gasteiger partial charge in [0.1, 0.15) is 0 Å². The Morgan fingerprint density at radius 2 is 2.14 bits per heavy atom. The van der Waals surface area contributed by atoms with Gasteiger partial charge in [-0.15, -0.1) is 0 Å². The minimum Gasteiger partial charge on any atom is -0.267 e. The highest BCUT2D eigenvalue weighted by atomic mass is 16.1. The summed E-state index contributed by atoms with van der Waals surface area (Å²) in [4.78, 5) is 19.4. The van der Waals surface area contributed by atoms with Gasteiger partial charge in [-0.05, 0) is 13.0 Å². The van der Waals surface area contributed by atoms with Gasteiger partial charge in [-0.25, -0.2) is 4.98 Å². The van der Waals surface area contributed by atoms with Gasteiger partial charge in [0.25, 0.3) is 5.56 Å². The Balaban J connectivity index is 2.56. The topological polar surface area (TPSA) is 60.7 Å². The van der Waals surface area contributed by atoms with Crippen molar-refractivity contribution in [2.24, 2.45) is 0 Å². The second-order valence-electron chi connectivity index (χ2n) is 2.79. The van der Waals surface area contributed by atoms with Crippen LogP contribution in [0, 0.1) is 6.92 Å². The van der Waals surface area contributed by atoms with Gasteiger partial charge < -0.3 is 0 Å². The third-order valence-corrected chi connectivity index (χ3v) is 1.70. The van der Waals surface area contributed by atoms with Crippen LogP contribution in [0.15, 0.2) is 35.5 Å². The summed E-state index contributed by atoms with van der Waals surface area (Å²) in [7, 11) is 0. The molecule has 5 nitrogen and oxygen atoms in total. The van der Waals surface area contributed by atoms with E-state index < -0.39 is 0 Å². The Bertz CT molecular complexity index is 489. The highest BCUT2D eigenvalue weighted by Gasteiger charge is 2.00. The molecule has 0 aliphatic heterocycles. The standard InChI is InChI=1S/C9H8N4O/c1-7-5-11-8(6-10-7)13-9(14)3-2-4-12-13/h2-6H,1H3. The molecule has 2 heterocycles. The quantitative estimate of drug-likeness (QED) is 0.647. The Morgan fingerprint density at radius 1 is 1.29 bits per heavy atom. The maximum absolute atomic E-state index is 11.3. The summed E-state index contributed by atoms with van der Waals surface area (Å²) < 4.78 is 1.20. The fraction of sp³-hybridized carbons (Fsp3) is 0.111. The largest absolute Gasteiger partial charge is 0.272 e. The van der Waals surface area contributed by atoms with Crippen LogP contribution in [0.3, 0.4) is 0 Å². The van der Waals surface area contributed by atoms with Crippen LogP contribution in [0.1, 0.15) is 5.69 Å². The normalized spacial score (nSPS) is 10.1. The van der Waals surface area contributed by atoms with E-state index in [9.17, 15) is 4.79 Å². The molecule has 0 saturated heterocycles. The molecule has 0 amide bonds. The molecule has 14 heavy (non-hydrogen) atoms. The van der Waals surface area contributed by atoms with Gasteiger partial charge in [-0.2, -0.15) is 9.78 Å². The molecule has 0 saturated carbocycles. The summed E-state index contributed by atoms with van der Waals surface area (Å²) in [5, 5.41) is 3.88. The molecule has 0 aromatic carbocycles. The molecule has 2 aromatic heterocycles. The van der Waals surface area contributed by atoms with Crippen LogP contribution in [-0.4, -0.2) is 19.7 Å². The first-order valence-corrected chi connectivity index (χ1v) is 4.11. The average Bonchev–Trinajstić information content (AvgIpc) is 2.20. The smallest absolute Gasteiger partial charge is 0.267 e. The number of aryl methyl sites for hydroxylation is 1. The van der Waals surface area contributed by atoms with E-state index in [0.29, 0.717) is 5.82 Å². The predicted octanol–water partition coefficient (Wildman–Crippen LogP) is 0.331. The Hall–Kier alpha value is -2.04. The van der Waals surface area contributed by atoms with E-state index in [4.69, 9.17) is 0 Å². The summed E-state index contributed by atoms with van der Waals surface area (Å²) >= 11 is 0. The number of hydrogen-bond acceptors (Lipinski definition) is 4. The summed E-state index contributed by atoms with van der Waals surface area (Å²) in [5.74, 6) is 0.432. The van der Waals surface area contributed by atoms with Crippen molar-refractivity contribution in [1.82, 2.24) is 19.7 Å². The lowest BCUT2D eigenvalue weighted by Crippen LogP contribution is -2.20. The second kappa shape index (κ2) is 3.37. The third kappa shape index (κ3) is 1.52. The lowest BCUT2D eigenvalue weighted by molar-refractivity contribution is 0.773. The summed E-state index contributed by atoms with van der Waals surface area (Å²) in [5.41, 5.74) is 0.586. The first-order chi connectivity index (χ1) is 6.77. The molecule has 0 spiro atoms. The lowest BCUT2D eigenvalue weighted by Gasteiger charge is -2.00. The first kappa shape index (κ1) is 8.55. The molecular formula is C9H8N4O. The molecule has 0 atom stereocenters. The van der Waals surface area contributed by atoms with Crippen molar-refractivity contribution in [2.45, 2.75) is 6.92 Å². The molecule has 5 heteroatoms. The second-order valence-corrected chi connectivity index (χ2v) is 2.79. The molecular weight excluding hydrogens is 180 g/mol. The molecule has 0 radical (unpaired) electrons. The zero-order valence-electron chi connectivity index (χ0n) is 7.58. The van der Waals surface area contributed by atoms with Crippen molar-refractivity contribution in [3.05, 3.63) is 46.8 Å².